The smallest absolute Gasteiger partial charge is 0.314 e. The predicted octanol–water partition coefficient (Wildman–Crippen LogP) is 2.14. The fourth-order valence-corrected chi connectivity index (χ4v) is 3.49. The Bertz CT molecular complexity index is 496. The summed E-state index contributed by atoms with van der Waals surface area (Å²) in [5.74, 6) is 0. The lowest BCUT2D eigenvalue weighted by Crippen LogP contribution is -2.46. The summed E-state index contributed by atoms with van der Waals surface area (Å²) in [5.41, 5.74) is 0.215. The molecule has 130 valence electrons. The standard InChI is InChI=1S/C16H28N4O2S/c1-3-16(22,4-2)12-18-14(21)17-8-7-13-11-23-15(19-13)20-9-5-6-10-20/h11,22H,3-10,12H2,1-2H3,(H2,17,18,21). The predicted molar refractivity (Wildman–Crippen MR) is 94.2 cm³/mol. The van der Waals surface area contributed by atoms with Crippen molar-refractivity contribution < 1.29 is 9.90 Å². The van der Waals surface area contributed by atoms with Crippen LogP contribution in [0.15, 0.2) is 5.38 Å². The minimum atomic E-state index is -0.809. The van der Waals surface area contributed by atoms with Gasteiger partial charge in [-0.15, -0.1) is 11.3 Å². The van der Waals surface area contributed by atoms with E-state index in [2.05, 4.69) is 25.9 Å². The van der Waals surface area contributed by atoms with E-state index in [1.165, 1.54) is 12.8 Å². The number of carbonyl (C=O) groups is 1. The minimum absolute atomic E-state index is 0.236. The number of nitrogens with zero attached hydrogens (tertiary/aromatic N) is 2. The molecule has 0 aliphatic carbocycles. The van der Waals surface area contributed by atoms with E-state index >= 15 is 0 Å². The SMILES string of the molecule is CCC(O)(CC)CNC(=O)NCCc1csc(N2CCCC2)n1. The van der Waals surface area contributed by atoms with Gasteiger partial charge < -0.3 is 20.6 Å². The number of urea groups is 1. The Morgan fingerprint density at radius 1 is 1.35 bits per heavy atom. The molecule has 0 bridgehead atoms. The zero-order valence-electron chi connectivity index (χ0n) is 14.1. The molecule has 2 heterocycles. The summed E-state index contributed by atoms with van der Waals surface area (Å²) < 4.78 is 0. The van der Waals surface area contributed by atoms with Crippen LogP contribution in [0.3, 0.4) is 0 Å². The summed E-state index contributed by atoms with van der Waals surface area (Å²) in [4.78, 5) is 18.7. The van der Waals surface area contributed by atoms with Gasteiger partial charge in [-0.2, -0.15) is 0 Å². The van der Waals surface area contributed by atoms with E-state index in [9.17, 15) is 9.90 Å². The molecule has 3 N–H and O–H groups in total. The molecule has 23 heavy (non-hydrogen) atoms. The average Bonchev–Trinajstić information content (AvgIpc) is 3.23. The van der Waals surface area contributed by atoms with Gasteiger partial charge in [0.15, 0.2) is 5.13 Å². The van der Waals surface area contributed by atoms with E-state index in [0.717, 1.165) is 30.3 Å². The molecule has 7 heteroatoms. The van der Waals surface area contributed by atoms with Crippen molar-refractivity contribution in [3.8, 4) is 0 Å². The molecule has 0 radical (unpaired) electrons. The molecular formula is C16H28N4O2S. The Balaban J connectivity index is 1.67. The molecule has 0 spiro atoms. The molecule has 0 unspecified atom stereocenters. The Morgan fingerprint density at radius 3 is 2.70 bits per heavy atom. The zero-order valence-corrected chi connectivity index (χ0v) is 14.9. The van der Waals surface area contributed by atoms with Gasteiger partial charge in [0, 0.05) is 38.0 Å². The van der Waals surface area contributed by atoms with Crippen LogP contribution < -0.4 is 15.5 Å². The number of anilines is 1. The van der Waals surface area contributed by atoms with Crippen LogP contribution in [0.4, 0.5) is 9.93 Å². The number of carbonyl (C=O) groups excluding carboxylic acids is 1. The van der Waals surface area contributed by atoms with Crippen LogP contribution in [0, 0.1) is 0 Å². The molecule has 1 saturated heterocycles. The van der Waals surface area contributed by atoms with Crippen LogP contribution >= 0.6 is 11.3 Å². The summed E-state index contributed by atoms with van der Waals surface area (Å²) >= 11 is 1.68. The van der Waals surface area contributed by atoms with Gasteiger partial charge in [-0.25, -0.2) is 9.78 Å². The maximum absolute atomic E-state index is 11.8. The van der Waals surface area contributed by atoms with Crippen LogP contribution in [0.5, 0.6) is 0 Å². The molecule has 2 rings (SSSR count). The highest BCUT2D eigenvalue weighted by Crippen LogP contribution is 2.24. The normalized spacial score (nSPS) is 15.0. The van der Waals surface area contributed by atoms with Crippen molar-refractivity contribution in [1.29, 1.82) is 0 Å². The highest BCUT2D eigenvalue weighted by Gasteiger charge is 2.22. The van der Waals surface area contributed by atoms with Gasteiger partial charge >= 0.3 is 6.03 Å². The molecule has 2 amide bonds. The van der Waals surface area contributed by atoms with Crippen molar-refractivity contribution in [3.63, 3.8) is 0 Å². The molecule has 0 saturated carbocycles. The summed E-state index contributed by atoms with van der Waals surface area (Å²) in [6.07, 6.45) is 4.48. The number of aliphatic hydroxyl groups is 1. The van der Waals surface area contributed by atoms with E-state index < -0.39 is 5.60 Å². The number of hydrogen-bond donors (Lipinski definition) is 3. The van der Waals surface area contributed by atoms with Crippen molar-refractivity contribution in [2.75, 3.05) is 31.1 Å². The Labute approximate surface area is 142 Å². The number of thiazole rings is 1. The Kier molecular flexibility index (Phi) is 6.65. The number of amides is 2. The van der Waals surface area contributed by atoms with Gasteiger partial charge in [0.1, 0.15) is 0 Å². The average molecular weight is 340 g/mol. The number of aromatic nitrogens is 1. The van der Waals surface area contributed by atoms with Gasteiger partial charge in [0.2, 0.25) is 0 Å². The molecular weight excluding hydrogens is 312 g/mol. The van der Waals surface area contributed by atoms with Gasteiger partial charge in [-0.1, -0.05) is 13.8 Å². The number of hydrogen-bond acceptors (Lipinski definition) is 5. The second kappa shape index (κ2) is 8.49. The zero-order chi connectivity index (χ0) is 16.7. The van der Waals surface area contributed by atoms with Crippen LogP contribution in [-0.4, -0.2) is 47.9 Å². The lowest BCUT2D eigenvalue weighted by Gasteiger charge is -2.25. The van der Waals surface area contributed by atoms with Crippen molar-refractivity contribution in [2.45, 2.75) is 51.6 Å². The fraction of sp³-hybridized carbons (Fsp3) is 0.750. The third kappa shape index (κ3) is 5.35. The lowest BCUT2D eigenvalue weighted by atomic mass is 9.98. The molecule has 0 aromatic carbocycles. The third-order valence-corrected chi connectivity index (χ3v) is 5.43. The maximum Gasteiger partial charge on any atom is 0.314 e. The summed E-state index contributed by atoms with van der Waals surface area (Å²) in [7, 11) is 0. The topological polar surface area (TPSA) is 77.5 Å². The van der Waals surface area contributed by atoms with E-state index in [4.69, 9.17) is 0 Å². The highest BCUT2D eigenvalue weighted by molar-refractivity contribution is 7.13. The van der Waals surface area contributed by atoms with E-state index in [-0.39, 0.29) is 12.6 Å². The third-order valence-electron chi connectivity index (χ3n) is 4.48. The summed E-state index contributed by atoms with van der Waals surface area (Å²) in [6.45, 7) is 6.87. The minimum Gasteiger partial charge on any atom is -0.388 e. The van der Waals surface area contributed by atoms with E-state index in [0.29, 0.717) is 19.4 Å². The first kappa shape index (κ1) is 18.0. The first-order valence-corrected chi connectivity index (χ1v) is 9.37. The van der Waals surface area contributed by atoms with E-state index in [1.807, 2.05) is 13.8 Å². The monoisotopic (exact) mass is 340 g/mol. The van der Waals surface area contributed by atoms with Crippen LogP contribution in [0.25, 0.3) is 0 Å². The number of nitrogens with one attached hydrogen (secondary N) is 2. The fourth-order valence-electron chi connectivity index (χ4n) is 2.58. The summed E-state index contributed by atoms with van der Waals surface area (Å²) in [6, 6.07) is -0.236. The summed E-state index contributed by atoms with van der Waals surface area (Å²) in [5, 5.41) is 18.9. The Hall–Kier alpha value is -1.34. The van der Waals surface area contributed by atoms with Gasteiger partial charge in [-0.3, -0.25) is 0 Å². The number of rotatable bonds is 8. The molecule has 1 aliphatic rings. The molecule has 1 aromatic heterocycles. The van der Waals surface area contributed by atoms with E-state index in [1.54, 1.807) is 11.3 Å². The van der Waals surface area contributed by atoms with Gasteiger partial charge in [-0.05, 0) is 25.7 Å². The first-order chi connectivity index (χ1) is 11.1. The maximum atomic E-state index is 11.8. The molecule has 6 nitrogen and oxygen atoms in total. The molecule has 0 atom stereocenters. The lowest BCUT2D eigenvalue weighted by molar-refractivity contribution is 0.0349. The molecule has 1 fully saturated rings. The molecule has 1 aliphatic heterocycles. The van der Waals surface area contributed by atoms with Crippen molar-refractivity contribution in [3.05, 3.63) is 11.1 Å². The van der Waals surface area contributed by atoms with Crippen molar-refractivity contribution in [2.24, 2.45) is 0 Å². The van der Waals surface area contributed by atoms with Crippen LogP contribution in [0.2, 0.25) is 0 Å². The van der Waals surface area contributed by atoms with Gasteiger partial charge in [0.05, 0.1) is 11.3 Å². The van der Waals surface area contributed by atoms with Crippen molar-refractivity contribution in [1.82, 2.24) is 15.6 Å². The molecule has 1 aromatic rings. The highest BCUT2D eigenvalue weighted by atomic mass is 32.1. The van der Waals surface area contributed by atoms with Crippen LogP contribution in [0.1, 0.15) is 45.2 Å². The van der Waals surface area contributed by atoms with Gasteiger partial charge in [0.25, 0.3) is 0 Å². The van der Waals surface area contributed by atoms with Crippen LogP contribution in [-0.2, 0) is 6.42 Å². The largest absolute Gasteiger partial charge is 0.388 e. The van der Waals surface area contributed by atoms with Crippen molar-refractivity contribution >= 4 is 22.5 Å². The first-order valence-electron chi connectivity index (χ1n) is 8.50. The second-order valence-electron chi connectivity index (χ2n) is 6.11. The second-order valence-corrected chi connectivity index (χ2v) is 6.94. The quantitative estimate of drug-likeness (QED) is 0.677. The Morgan fingerprint density at radius 2 is 2.04 bits per heavy atom.